The number of nitrogens with zero attached hydrogens (tertiary/aromatic N) is 6. The van der Waals surface area contributed by atoms with Gasteiger partial charge in [0.05, 0.1) is 25.0 Å². The number of carbonyl (C=O) groups is 1. The molecule has 9 nitrogen and oxygen atoms in total. The summed E-state index contributed by atoms with van der Waals surface area (Å²) in [6, 6.07) is 5.69. The average Bonchev–Trinajstić information content (AvgIpc) is 3.49. The van der Waals surface area contributed by atoms with Crippen LogP contribution in [-0.4, -0.2) is 37.2 Å². The number of aromatic nitrogens is 4. The monoisotopic (exact) mass is 410 g/mol. The minimum absolute atomic E-state index is 0.00758. The molecule has 148 valence electrons. The second-order valence-corrected chi connectivity index (χ2v) is 7.08. The third-order valence-electron chi connectivity index (χ3n) is 4.49. The van der Waals surface area contributed by atoms with Gasteiger partial charge in [-0.25, -0.2) is 15.0 Å². The molecule has 0 unspecified atom stereocenters. The van der Waals surface area contributed by atoms with Gasteiger partial charge < -0.3 is 15.6 Å². The molecule has 1 aliphatic rings. The molecule has 10 heteroatoms. The molecule has 3 N–H and O–H groups in total. The molecule has 3 aromatic heterocycles. The summed E-state index contributed by atoms with van der Waals surface area (Å²) in [5.74, 6) is 5.91. The summed E-state index contributed by atoms with van der Waals surface area (Å²) in [5.41, 5.74) is 2.99. The Morgan fingerprint density at radius 2 is 2.17 bits per heavy atom. The molecule has 0 aromatic carbocycles. The minimum atomic E-state index is -0.482. The van der Waals surface area contributed by atoms with Gasteiger partial charge >= 0.3 is 0 Å². The Bertz CT molecular complexity index is 1100. The van der Waals surface area contributed by atoms with Crippen molar-refractivity contribution in [2.24, 2.45) is 15.9 Å². The highest BCUT2D eigenvalue weighted by Gasteiger charge is 2.23. The third-order valence-corrected chi connectivity index (χ3v) is 4.70. The van der Waals surface area contributed by atoms with Crippen LogP contribution in [0, 0.1) is 0 Å². The fourth-order valence-corrected chi connectivity index (χ4v) is 3.04. The van der Waals surface area contributed by atoms with E-state index in [0.29, 0.717) is 23.4 Å². The topological polar surface area (TPSA) is 123 Å². The smallest absolute Gasteiger partial charge is 0.273 e. The van der Waals surface area contributed by atoms with E-state index < -0.39 is 5.91 Å². The van der Waals surface area contributed by atoms with Gasteiger partial charge in [0.15, 0.2) is 5.71 Å². The molecular weight excluding hydrogens is 392 g/mol. The van der Waals surface area contributed by atoms with Crippen LogP contribution < -0.4 is 11.2 Å². The number of pyridine rings is 1. The van der Waals surface area contributed by atoms with Crippen molar-refractivity contribution in [2.75, 3.05) is 0 Å². The maximum atomic E-state index is 12.2. The van der Waals surface area contributed by atoms with Gasteiger partial charge in [0.2, 0.25) is 0 Å². The highest BCUT2D eigenvalue weighted by Crippen LogP contribution is 2.39. The molecule has 0 spiro atoms. The zero-order valence-corrected chi connectivity index (χ0v) is 16.3. The molecule has 3 aromatic rings. The Labute approximate surface area is 171 Å². The number of hydrogen-bond donors (Lipinski definition) is 2. The minimum Gasteiger partial charge on any atom is -0.343 e. The number of nitrogens with two attached hydrogens (primary N) is 1. The average molecular weight is 411 g/mol. The normalized spacial score (nSPS) is 14.6. The molecule has 29 heavy (non-hydrogen) atoms. The lowest BCUT2D eigenvalue weighted by atomic mass is 10.2. The van der Waals surface area contributed by atoms with Gasteiger partial charge in [-0.2, -0.15) is 5.10 Å². The lowest BCUT2D eigenvalue weighted by Gasteiger charge is -2.03. The fourth-order valence-electron chi connectivity index (χ4n) is 2.88. The van der Waals surface area contributed by atoms with E-state index in [1.165, 1.54) is 30.8 Å². The summed E-state index contributed by atoms with van der Waals surface area (Å²) in [6.45, 7) is 0.409. The molecule has 0 atom stereocenters. The number of hydrogen-bond acceptors (Lipinski definition) is 7. The Morgan fingerprint density at radius 3 is 2.93 bits per heavy atom. The first kappa shape index (κ1) is 19.0. The lowest BCUT2D eigenvalue weighted by Crippen LogP contribution is -2.32. The van der Waals surface area contributed by atoms with Gasteiger partial charge in [0.25, 0.3) is 5.91 Å². The highest BCUT2D eigenvalue weighted by molar-refractivity contribution is 6.60. The Hall–Kier alpha value is -3.33. The maximum absolute atomic E-state index is 12.2. The van der Waals surface area contributed by atoms with Gasteiger partial charge in [-0.15, -0.1) is 0 Å². The zero-order valence-electron chi connectivity index (χ0n) is 15.5. The Kier molecular flexibility index (Phi) is 5.48. The SMILES string of the molecule is NN=C(C=NCc1cn2cc(C3CC3)ccc2n1)C(=O)NCc1nccc(Cl)n1. The quantitative estimate of drug-likeness (QED) is 0.266. The van der Waals surface area contributed by atoms with Gasteiger partial charge in [0.1, 0.15) is 16.6 Å². The zero-order chi connectivity index (χ0) is 20.2. The summed E-state index contributed by atoms with van der Waals surface area (Å²) in [4.78, 5) is 29.0. The molecule has 1 aliphatic carbocycles. The van der Waals surface area contributed by atoms with Gasteiger partial charge in [-0.3, -0.25) is 9.79 Å². The first-order valence-electron chi connectivity index (χ1n) is 9.13. The molecule has 0 radical (unpaired) electrons. The molecule has 1 amide bonds. The largest absolute Gasteiger partial charge is 0.343 e. The van der Waals surface area contributed by atoms with Crippen molar-refractivity contribution in [1.82, 2.24) is 24.7 Å². The van der Waals surface area contributed by atoms with Crippen molar-refractivity contribution in [1.29, 1.82) is 0 Å². The first-order valence-corrected chi connectivity index (χ1v) is 9.51. The van der Waals surface area contributed by atoms with E-state index in [0.717, 1.165) is 11.3 Å². The lowest BCUT2D eigenvalue weighted by molar-refractivity contribution is -0.114. The van der Waals surface area contributed by atoms with E-state index in [1.54, 1.807) is 6.07 Å². The standard InChI is InChI=1S/C19H19ClN8O/c20-16-5-6-23-17(26-16)9-24-19(29)15(27-21)8-22-7-14-11-28-10-13(12-1-2-12)3-4-18(28)25-14/h3-6,8,10-12H,1-2,7,9,21H2,(H,24,29). The van der Waals surface area contributed by atoms with Gasteiger partial charge in [-0.1, -0.05) is 17.7 Å². The van der Waals surface area contributed by atoms with Crippen LogP contribution in [-0.2, 0) is 17.9 Å². The summed E-state index contributed by atoms with van der Waals surface area (Å²) >= 11 is 5.80. The number of hydrazone groups is 1. The second kappa shape index (κ2) is 8.36. The van der Waals surface area contributed by atoms with Gasteiger partial charge in [-0.05, 0) is 36.5 Å². The fraction of sp³-hybridized carbons (Fsp3) is 0.263. The molecule has 0 aliphatic heterocycles. The molecule has 0 bridgehead atoms. The van der Waals surface area contributed by atoms with E-state index in [-0.39, 0.29) is 12.3 Å². The van der Waals surface area contributed by atoms with E-state index in [4.69, 9.17) is 17.4 Å². The predicted octanol–water partition coefficient (Wildman–Crippen LogP) is 1.86. The van der Waals surface area contributed by atoms with Crippen molar-refractivity contribution in [3.8, 4) is 0 Å². The van der Waals surface area contributed by atoms with Crippen LogP contribution in [0.15, 0.2) is 46.9 Å². The van der Waals surface area contributed by atoms with Crippen LogP contribution in [0.1, 0.15) is 35.8 Å². The Morgan fingerprint density at radius 1 is 1.31 bits per heavy atom. The number of imidazole rings is 1. The Balaban J connectivity index is 1.35. The van der Waals surface area contributed by atoms with E-state index in [1.807, 2.05) is 16.7 Å². The van der Waals surface area contributed by atoms with Gasteiger partial charge in [0, 0.05) is 18.6 Å². The number of rotatable bonds is 7. The maximum Gasteiger partial charge on any atom is 0.273 e. The molecular formula is C19H19ClN8O. The molecule has 4 rings (SSSR count). The predicted molar refractivity (Wildman–Crippen MR) is 110 cm³/mol. The molecule has 1 saturated carbocycles. The number of halogens is 1. The summed E-state index contributed by atoms with van der Waals surface area (Å²) in [7, 11) is 0. The number of amides is 1. The first-order chi connectivity index (χ1) is 14.1. The molecule has 3 heterocycles. The van der Waals surface area contributed by atoms with Crippen LogP contribution in [0.4, 0.5) is 0 Å². The van der Waals surface area contributed by atoms with Crippen LogP contribution in [0.2, 0.25) is 5.15 Å². The summed E-state index contributed by atoms with van der Waals surface area (Å²) in [5, 5.41) is 6.42. The van der Waals surface area contributed by atoms with Crippen LogP contribution in [0.25, 0.3) is 5.65 Å². The van der Waals surface area contributed by atoms with Crippen molar-refractivity contribution >= 4 is 35.1 Å². The van der Waals surface area contributed by atoms with E-state index >= 15 is 0 Å². The number of fused-ring (bicyclic) bond motifs is 1. The number of carbonyl (C=O) groups excluding carboxylic acids is 1. The third kappa shape index (κ3) is 4.75. The number of aliphatic imine (C=N–C) groups is 1. The highest BCUT2D eigenvalue weighted by atomic mass is 35.5. The van der Waals surface area contributed by atoms with Crippen molar-refractivity contribution < 1.29 is 4.79 Å². The van der Waals surface area contributed by atoms with Crippen molar-refractivity contribution in [3.05, 3.63) is 59.0 Å². The van der Waals surface area contributed by atoms with Crippen molar-refractivity contribution in [3.63, 3.8) is 0 Å². The number of nitrogens with one attached hydrogen (secondary N) is 1. The van der Waals surface area contributed by atoms with E-state index in [2.05, 4.69) is 42.6 Å². The van der Waals surface area contributed by atoms with Crippen molar-refractivity contribution in [2.45, 2.75) is 31.8 Å². The van der Waals surface area contributed by atoms with Crippen LogP contribution in [0.3, 0.4) is 0 Å². The van der Waals surface area contributed by atoms with E-state index in [9.17, 15) is 4.79 Å². The second-order valence-electron chi connectivity index (χ2n) is 6.70. The summed E-state index contributed by atoms with van der Waals surface area (Å²) in [6.07, 6.45) is 9.40. The van der Waals surface area contributed by atoms with Crippen LogP contribution >= 0.6 is 11.6 Å². The summed E-state index contributed by atoms with van der Waals surface area (Å²) < 4.78 is 2.01. The van der Waals surface area contributed by atoms with Crippen LogP contribution in [0.5, 0.6) is 0 Å². The molecule has 0 saturated heterocycles. The molecule has 1 fully saturated rings.